The molecule has 1 nitrogen and oxygen atoms in total. The molecule has 0 fully saturated rings. The molecule has 0 heterocycles. The van der Waals surface area contributed by atoms with Crippen molar-refractivity contribution in [3.8, 4) is 0 Å². The minimum atomic E-state index is 0.471. The molecule has 0 bridgehead atoms. The van der Waals surface area contributed by atoms with Crippen molar-refractivity contribution in [2.75, 3.05) is 6.54 Å². The van der Waals surface area contributed by atoms with Crippen LogP contribution in [0.4, 0.5) is 0 Å². The molecule has 78 valence electrons. The van der Waals surface area contributed by atoms with E-state index in [2.05, 4.69) is 45.0 Å². The van der Waals surface area contributed by atoms with Gasteiger partial charge in [-0.25, -0.2) is 0 Å². The van der Waals surface area contributed by atoms with Crippen molar-refractivity contribution in [3.63, 3.8) is 0 Å². The van der Waals surface area contributed by atoms with Gasteiger partial charge >= 0.3 is 0 Å². The Morgan fingerprint density at radius 3 is 2.21 bits per heavy atom. The fraction of sp³-hybridized carbons (Fsp3) is 0.538. The summed E-state index contributed by atoms with van der Waals surface area (Å²) in [6.07, 6.45) is 1.19. The highest BCUT2D eigenvalue weighted by atomic mass is 14.5. The fourth-order valence-electron chi connectivity index (χ4n) is 1.54. The average molecular weight is 191 g/mol. The smallest absolute Gasteiger partial charge is 0.00109 e. The van der Waals surface area contributed by atoms with E-state index in [-0.39, 0.29) is 0 Å². The first-order valence-corrected chi connectivity index (χ1v) is 5.49. The van der Waals surface area contributed by atoms with Crippen LogP contribution in [0.15, 0.2) is 24.3 Å². The highest BCUT2D eigenvalue weighted by Gasteiger charge is 2.06. The van der Waals surface area contributed by atoms with Gasteiger partial charge in [0.1, 0.15) is 0 Å². The van der Waals surface area contributed by atoms with Crippen molar-refractivity contribution in [1.29, 1.82) is 0 Å². The zero-order chi connectivity index (χ0) is 10.6. The third kappa shape index (κ3) is 2.58. The van der Waals surface area contributed by atoms with Gasteiger partial charge in [-0.1, -0.05) is 45.0 Å². The van der Waals surface area contributed by atoms with Crippen LogP contribution in [0.2, 0.25) is 0 Å². The standard InChI is InChI=1S/C13H21N/c1-4-10(2)12-6-5-7-13(8-12)11(3)9-14/h5-8,10-11H,4,9,14H2,1-3H3. The maximum absolute atomic E-state index is 5.66. The lowest BCUT2D eigenvalue weighted by atomic mass is 9.93. The predicted octanol–water partition coefficient (Wildman–Crippen LogP) is 3.26. The molecule has 0 aromatic heterocycles. The van der Waals surface area contributed by atoms with Crippen molar-refractivity contribution in [1.82, 2.24) is 0 Å². The first kappa shape index (κ1) is 11.3. The Hall–Kier alpha value is -0.820. The van der Waals surface area contributed by atoms with E-state index < -0.39 is 0 Å². The van der Waals surface area contributed by atoms with E-state index >= 15 is 0 Å². The number of benzene rings is 1. The topological polar surface area (TPSA) is 26.0 Å². The number of rotatable bonds is 4. The van der Waals surface area contributed by atoms with Gasteiger partial charge in [0.25, 0.3) is 0 Å². The molecule has 1 aromatic rings. The fourth-order valence-corrected chi connectivity index (χ4v) is 1.54. The SMILES string of the molecule is CCC(C)c1cccc(C(C)CN)c1. The van der Waals surface area contributed by atoms with Gasteiger partial charge in [-0.15, -0.1) is 0 Å². The summed E-state index contributed by atoms with van der Waals surface area (Å²) in [4.78, 5) is 0. The summed E-state index contributed by atoms with van der Waals surface area (Å²) in [5, 5.41) is 0. The number of nitrogens with two attached hydrogens (primary N) is 1. The molecule has 0 amide bonds. The average Bonchev–Trinajstić information content (AvgIpc) is 2.27. The Balaban J connectivity index is 2.89. The Labute approximate surface area is 87.3 Å². The monoisotopic (exact) mass is 191 g/mol. The van der Waals surface area contributed by atoms with Crippen LogP contribution < -0.4 is 5.73 Å². The van der Waals surface area contributed by atoms with Gasteiger partial charge in [0.05, 0.1) is 0 Å². The van der Waals surface area contributed by atoms with Crippen molar-refractivity contribution in [2.45, 2.75) is 39.0 Å². The molecule has 1 aromatic carbocycles. The maximum atomic E-state index is 5.66. The molecule has 2 unspecified atom stereocenters. The zero-order valence-corrected chi connectivity index (χ0v) is 9.46. The van der Waals surface area contributed by atoms with E-state index in [1.807, 2.05) is 0 Å². The molecule has 0 saturated carbocycles. The Morgan fingerprint density at radius 1 is 1.14 bits per heavy atom. The molecular formula is C13H21N. The van der Waals surface area contributed by atoms with Crippen LogP contribution in [0, 0.1) is 0 Å². The minimum absolute atomic E-state index is 0.471. The van der Waals surface area contributed by atoms with Crippen LogP contribution in [-0.2, 0) is 0 Å². The van der Waals surface area contributed by atoms with Crippen LogP contribution >= 0.6 is 0 Å². The first-order chi connectivity index (χ1) is 6.69. The first-order valence-electron chi connectivity index (χ1n) is 5.49. The summed E-state index contributed by atoms with van der Waals surface area (Å²) in [5.74, 6) is 1.12. The molecule has 0 spiro atoms. The Morgan fingerprint density at radius 2 is 1.71 bits per heavy atom. The normalized spacial score (nSPS) is 15.1. The summed E-state index contributed by atoms with van der Waals surface area (Å²) in [5.41, 5.74) is 8.46. The molecule has 0 aliphatic heterocycles. The summed E-state index contributed by atoms with van der Waals surface area (Å²) in [6, 6.07) is 8.82. The molecule has 2 N–H and O–H groups in total. The number of hydrogen-bond donors (Lipinski definition) is 1. The molecule has 14 heavy (non-hydrogen) atoms. The molecule has 0 aliphatic carbocycles. The third-order valence-corrected chi connectivity index (χ3v) is 3.01. The van der Waals surface area contributed by atoms with E-state index in [0.717, 1.165) is 6.54 Å². The lowest BCUT2D eigenvalue weighted by molar-refractivity contribution is 0.723. The summed E-state index contributed by atoms with van der Waals surface area (Å²) >= 11 is 0. The van der Waals surface area contributed by atoms with Gasteiger partial charge in [0, 0.05) is 0 Å². The molecular weight excluding hydrogens is 170 g/mol. The van der Waals surface area contributed by atoms with E-state index in [4.69, 9.17) is 5.73 Å². The highest BCUT2D eigenvalue weighted by Crippen LogP contribution is 2.22. The molecule has 2 atom stereocenters. The van der Waals surface area contributed by atoms with E-state index in [9.17, 15) is 0 Å². The quantitative estimate of drug-likeness (QED) is 0.776. The maximum Gasteiger partial charge on any atom is -0.00109 e. The summed E-state index contributed by atoms with van der Waals surface area (Å²) in [6.45, 7) is 7.40. The van der Waals surface area contributed by atoms with Crippen LogP contribution in [0.5, 0.6) is 0 Å². The second-order valence-electron chi connectivity index (χ2n) is 4.12. The van der Waals surface area contributed by atoms with Crippen LogP contribution in [0.25, 0.3) is 0 Å². The van der Waals surface area contributed by atoms with Gasteiger partial charge in [0.15, 0.2) is 0 Å². The van der Waals surface area contributed by atoms with Gasteiger partial charge in [-0.2, -0.15) is 0 Å². The van der Waals surface area contributed by atoms with Crippen LogP contribution in [0.3, 0.4) is 0 Å². The highest BCUT2D eigenvalue weighted by molar-refractivity contribution is 5.28. The lowest BCUT2D eigenvalue weighted by Gasteiger charge is -2.13. The van der Waals surface area contributed by atoms with E-state index in [1.165, 1.54) is 17.5 Å². The lowest BCUT2D eigenvalue weighted by Crippen LogP contribution is -2.09. The zero-order valence-electron chi connectivity index (χ0n) is 9.46. The third-order valence-electron chi connectivity index (χ3n) is 3.01. The Kier molecular flexibility index (Phi) is 4.15. The minimum Gasteiger partial charge on any atom is -0.330 e. The van der Waals surface area contributed by atoms with Crippen LogP contribution in [-0.4, -0.2) is 6.54 Å². The van der Waals surface area contributed by atoms with E-state index in [0.29, 0.717) is 11.8 Å². The van der Waals surface area contributed by atoms with Crippen molar-refractivity contribution in [3.05, 3.63) is 35.4 Å². The number of hydrogen-bond acceptors (Lipinski definition) is 1. The second kappa shape index (κ2) is 5.16. The summed E-state index contributed by atoms with van der Waals surface area (Å²) in [7, 11) is 0. The molecule has 1 rings (SSSR count). The van der Waals surface area contributed by atoms with Gasteiger partial charge in [-0.05, 0) is 35.9 Å². The summed E-state index contributed by atoms with van der Waals surface area (Å²) < 4.78 is 0. The molecule has 0 aliphatic rings. The Bertz CT molecular complexity index is 255. The van der Waals surface area contributed by atoms with Crippen molar-refractivity contribution >= 4 is 0 Å². The predicted molar refractivity (Wildman–Crippen MR) is 62.6 cm³/mol. The largest absolute Gasteiger partial charge is 0.330 e. The van der Waals surface area contributed by atoms with Gasteiger partial charge in [0.2, 0.25) is 0 Å². The van der Waals surface area contributed by atoms with E-state index in [1.54, 1.807) is 0 Å². The van der Waals surface area contributed by atoms with Gasteiger partial charge in [-0.3, -0.25) is 0 Å². The van der Waals surface area contributed by atoms with Crippen molar-refractivity contribution < 1.29 is 0 Å². The van der Waals surface area contributed by atoms with Crippen LogP contribution in [0.1, 0.15) is 50.2 Å². The van der Waals surface area contributed by atoms with Crippen molar-refractivity contribution in [2.24, 2.45) is 5.73 Å². The molecule has 0 radical (unpaired) electrons. The molecule has 0 saturated heterocycles. The van der Waals surface area contributed by atoms with Gasteiger partial charge < -0.3 is 5.73 Å². The second-order valence-corrected chi connectivity index (χ2v) is 4.12. The molecule has 1 heteroatoms.